The van der Waals surface area contributed by atoms with Gasteiger partial charge in [-0.25, -0.2) is 8.78 Å². The standard InChI is InChI=1S/C31H44F2N4O4/c1-6-8-35-30(40)22-11-20(5)12-23(16-22)31(41)37(9-7-2)27(15-21-13-24(32)17-25(33)14-21)28(38)18-36-26(29(34)39)10-19(3)4/h11-14,16-17,19,26-28,36,38H,6-10,15,18H2,1-5H3,(H2,34,39)(H,35,40). The summed E-state index contributed by atoms with van der Waals surface area (Å²) in [6.45, 7) is 10.1. The summed E-state index contributed by atoms with van der Waals surface area (Å²) >= 11 is 0. The van der Waals surface area contributed by atoms with E-state index in [9.17, 15) is 28.3 Å². The quantitative estimate of drug-likeness (QED) is 0.243. The number of hydrogen-bond acceptors (Lipinski definition) is 5. The minimum Gasteiger partial charge on any atom is -0.390 e. The fraction of sp³-hybridized carbons (Fsp3) is 0.516. The second-order valence-electron chi connectivity index (χ2n) is 11.0. The summed E-state index contributed by atoms with van der Waals surface area (Å²) < 4.78 is 28.2. The molecule has 10 heteroatoms. The first-order valence-corrected chi connectivity index (χ1v) is 14.2. The lowest BCUT2D eigenvalue weighted by molar-refractivity contribution is -0.120. The third-order valence-corrected chi connectivity index (χ3v) is 6.68. The third-order valence-electron chi connectivity index (χ3n) is 6.68. The molecule has 0 saturated heterocycles. The number of nitrogens with zero attached hydrogens (tertiary/aromatic N) is 1. The Bertz CT molecular complexity index is 1170. The first-order chi connectivity index (χ1) is 19.4. The maximum absolute atomic E-state index is 14.1. The average Bonchev–Trinajstić information content (AvgIpc) is 2.89. The summed E-state index contributed by atoms with van der Waals surface area (Å²) in [5.74, 6) is -2.69. The fourth-order valence-electron chi connectivity index (χ4n) is 4.80. The van der Waals surface area contributed by atoms with Gasteiger partial charge in [0.1, 0.15) is 11.6 Å². The minimum atomic E-state index is -1.22. The zero-order valence-corrected chi connectivity index (χ0v) is 24.7. The predicted molar refractivity (Wildman–Crippen MR) is 155 cm³/mol. The van der Waals surface area contributed by atoms with E-state index in [-0.39, 0.29) is 42.5 Å². The van der Waals surface area contributed by atoms with E-state index >= 15 is 0 Å². The molecule has 2 aromatic carbocycles. The van der Waals surface area contributed by atoms with Gasteiger partial charge in [0.15, 0.2) is 0 Å². The number of halogens is 2. The van der Waals surface area contributed by atoms with E-state index in [4.69, 9.17) is 5.73 Å². The Kier molecular flexibility index (Phi) is 13.3. The summed E-state index contributed by atoms with van der Waals surface area (Å²) in [4.78, 5) is 40.1. The van der Waals surface area contributed by atoms with Crippen molar-refractivity contribution in [2.75, 3.05) is 19.6 Å². The van der Waals surface area contributed by atoms with Crippen LogP contribution >= 0.6 is 0 Å². The number of nitrogens with two attached hydrogens (primary N) is 1. The Morgan fingerprint density at radius 1 is 0.976 bits per heavy atom. The van der Waals surface area contributed by atoms with Crippen molar-refractivity contribution < 1.29 is 28.3 Å². The number of carbonyl (C=O) groups excluding carboxylic acids is 3. The van der Waals surface area contributed by atoms with Crippen molar-refractivity contribution in [1.29, 1.82) is 0 Å². The molecule has 0 aromatic heterocycles. The second kappa shape index (κ2) is 16.2. The van der Waals surface area contributed by atoms with Crippen LogP contribution in [0.2, 0.25) is 0 Å². The highest BCUT2D eigenvalue weighted by atomic mass is 19.1. The number of aliphatic hydroxyl groups excluding tert-OH is 1. The topological polar surface area (TPSA) is 125 Å². The molecule has 0 saturated carbocycles. The van der Waals surface area contributed by atoms with Crippen LogP contribution in [-0.2, 0) is 11.2 Å². The number of aliphatic hydroxyl groups is 1. The molecule has 0 aliphatic heterocycles. The number of primary amides is 1. The number of hydrogen-bond donors (Lipinski definition) is 4. The van der Waals surface area contributed by atoms with Crippen LogP contribution in [0, 0.1) is 24.5 Å². The van der Waals surface area contributed by atoms with Gasteiger partial charge in [-0.05, 0) is 80.0 Å². The third kappa shape index (κ3) is 10.5. The van der Waals surface area contributed by atoms with Gasteiger partial charge >= 0.3 is 0 Å². The van der Waals surface area contributed by atoms with Crippen LogP contribution < -0.4 is 16.4 Å². The summed E-state index contributed by atoms with van der Waals surface area (Å²) in [6.07, 6.45) is 0.473. The number of rotatable bonds is 16. The van der Waals surface area contributed by atoms with Crippen LogP contribution in [0.5, 0.6) is 0 Å². The molecule has 0 spiro atoms. The molecule has 0 bridgehead atoms. The maximum atomic E-state index is 14.1. The molecule has 226 valence electrons. The Morgan fingerprint density at radius 2 is 1.61 bits per heavy atom. The number of carbonyl (C=O) groups is 3. The SMILES string of the molecule is CCCNC(=O)c1cc(C)cc(C(=O)N(CCC)C(Cc2cc(F)cc(F)c2)C(O)CNC(CC(C)C)C(N)=O)c1. The predicted octanol–water partition coefficient (Wildman–Crippen LogP) is 3.73. The number of aryl methyl sites for hydroxylation is 1. The molecule has 0 aliphatic rings. The Morgan fingerprint density at radius 3 is 2.17 bits per heavy atom. The lowest BCUT2D eigenvalue weighted by Gasteiger charge is -2.36. The molecule has 3 amide bonds. The molecule has 8 nitrogen and oxygen atoms in total. The van der Waals surface area contributed by atoms with Crippen LogP contribution in [-0.4, -0.2) is 65.5 Å². The van der Waals surface area contributed by atoms with Crippen LogP contribution in [0.4, 0.5) is 8.78 Å². The smallest absolute Gasteiger partial charge is 0.254 e. The highest BCUT2D eigenvalue weighted by Crippen LogP contribution is 2.21. The Hall–Kier alpha value is -3.37. The summed E-state index contributed by atoms with van der Waals surface area (Å²) in [5.41, 5.74) is 7.11. The van der Waals surface area contributed by atoms with Gasteiger partial charge < -0.3 is 26.4 Å². The molecule has 0 heterocycles. The van der Waals surface area contributed by atoms with Crippen LogP contribution in [0.15, 0.2) is 36.4 Å². The minimum absolute atomic E-state index is 0.0512. The second-order valence-corrected chi connectivity index (χ2v) is 11.0. The van der Waals surface area contributed by atoms with E-state index < -0.39 is 41.6 Å². The Labute approximate surface area is 241 Å². The van der Waals surface area contributed by atoms with Gasteiger partial charge in [-0.1, -0.05) is 27.7 Å². The van der Waals surface area contributed by atoms with E-state index in [0.717, 1.165) is 12.5 Å². The van der Waals surface area contributed by atoms with Crippen molar-refractivity contribution >= 4 is 17.7 Å². The van der Waals surface area contributed by atoms with Crippen molar-refractivity contribution in [2.24, 2.45) is 11.7 Å². The Balaban J connectivity index is 2.48. The normalized spacial score (nSPS) is 13.5. The van der Waals surface area contributed by atoms with Crippen molar-refractivity contribution in [1.82, 2.24) is 15.5 Å². The molecule has 3 unspecified atom stereocenters. The largest absolute Gasteiger partial charge is 0.390 e. The van der Waals surface area contributed by atoms with Crippen LogP contribution in [0.1, 0.15) is 78.8 Å². The van der Waals surface area contributed by atoms with Gasteiger partial charge in [0.2, 0.25) is 5.91 Å². The van der Waals surface area contributed by atoms with Gasteiger partial charge in [-0.3, -0.25) is 14.4 Å². The summed E-state index contributed by atoms with van der Waals surface area (Å²) in [6, 6.07) is 6.34. The van der Waals surface area contributed by atoms with E-state index in [1.807, 2.05) is 27.7 Å². The monoisotopic (exact) mass is 574 g/mol. The first-order valence-electron chi connectivity index (χ1n) is 14.2. The van der Waals surface area contributed by atoms with E-state index in [1.165, 1.54) is 23.1 Å². The average molecular weight is 575 g/mol. The molecular formula is C31H44F2N4O4. The molecule has 0 fully saturated rings. The van der Waals surface area contributed by atoms with Gasteiger partial charge in [-0.2, -0.15) is 0 Å². The van der Waals surface area contributed by atoms with Crippen molar-refractivity contribution in [2.45, 2.75) is 78.5 Å². The maximum Gasteiger partial charge on any atom is 0.254 e. The van der Waals surface area contributed by atoms with Crippen molar-refractivity contribution in [3.05, 3.63) is 70.3 Å². The van der Waals surface area contributed by atoms with E-state index in [1.54, 1.807) is 19.1 Å². The molecule has 2 rings (SSSR count). The highest BCUT2D eigenvalue weighted by molar-refractivity contribution is 6.00. The van der Waals surface area contributed by atoms with E-state index in [2.05, 4.69) is 10.6 Å². The molecular weight excluding hydrogens is 530 g/mol. The van der Waals surface area contributed by atoms with Crippen LogP contribution in [0.3, 0.4) is 0 Å². The molecule has 5 N–H and O–H groups in total. The van der Waals surface area contributed by atoms with Crippen molar-refractivity contribution in [3.63, 3.8) is 0 Å². The van der Waals surface area contributed by atoms with Gasteiger partial charge in [-0.15, -0.1) is 0 Å². The first kappa shape index (κ1) is 33.8. The molecule has 0 aliphatic carbocycles. The molecule has 41 heavy (non-hydrogen) atoms. The van der Waals surface area contributed by atoms with Gasteiger partial charge in [0, 0.05) is 36.8 Å². The zero-order chi connectivity index (χ0) is 30.7. The lowest BCUT2D eigenvalue weighted by Crippen LogP contribution is -2.54. The zero-order valence-electron chi connectivity index (χ0n) is 24.7. The number of nitrogens with one attached hydrogen (secondary N) is 2. The summed E-state index contributed by atoms with van der Waals surface area (Å²) in [7, 11) is 0. The van der Waals surface area contributed by atoms with Gasteiger partial charge in [0.25, 0.3) is 11.8 Å². The van der Waals surface area contributed by atoms with Crippen molar-refractivity contribution in [3.8, 4) is 0 Å². The van der Waals surface area contributed by atoms with E-state index in [0.29, 0.717) is 30.5 Å². The number of benzene rings is 2. The lowest BCUT2D eigenvalue weighted by atomic mass is 9.96. The fourth-order valence-corrected chi connectivity index (χ4v) is 4.80. The summed E-state index contributed by atoms with van der Waals surface area (Å²) in [5, 5.41) is 17.2. The number of amides is 3. The van der Waals surface area contributed by atoms with Gasteiger partial charge in [0.05, 0.1) is 18.2 Å². The molecule has 2 aromatic rings. The van der Waals surface area contributed by atoms with Crippen LogP contribution in [0.25, 0.3) is 0 Å². The molecule has 3 atom stereocenters. The highest BCUT2D eigenvalue weighted by Gasteiger charge is 2.32. The molecule has 0 radical (unpaired) electrons.